The minimum atomic E-state index is -4.66. The SMILES string of the molecule is C=CCOC(=O)N1CCN(C(C)(C)C(=O)NCC(OCC)(OCC)c2cccc(F)c2)C[C@H]1C(=O)NCC(F)(F)F. The Balaban J connectivity index is 2.26. The van der Waals surface area contributed by atoms with Crippen LogP contribution in [0.3, 0.4) is 0 Å². The highest BCUT2D eigenvalue weighted by Gasteiger charge is 2.45. The average molecular weight is 591 g/mol. The minimum Gasteiger partial charge on any atom is -0.445 e. The molecule has 0 unspecified atom stereocenters. The lowest BCUT2D eigenvalue weighted by atomic mass is 9.97. The topological polar surface area (TPSA) is 109 Å². The van der Waals surface area contributed by atoms with E-state index in [-0.39, 0.29) is 46.0 Å². The molecule has 1 fully saturated rings. The predicted molar refractivity (Wildman–Crippen MR) is 141 cm³/mol. The van der Waals surface area contributed by atoms with E-state index < -0.39 is 53.8 Å². The molecule has 0 radical (unpaired) electrons. The lowest BCUT2D eigenvalue weighted by Crippen LogP contribution is -2.67. The van der Waals surface area contributed by atoms with E-state index in [4.69, 9.17) is 14.2 Å². The fraction of sp³-hybridized carbons (Fsp3) is 0.593. The van der Waals surface area contributed by atoms with Crippen molar-refractivity contribution in [3.8, 4) is 0 Å². The number of piperazine rings is 1. The number of amides is 3. The zero-order valence-electron chi connectivity index (χ0n) is 23.7. The van der Waals surface area contributed by atoms with Crippen LogP contribution in [-0.2, 0) is 29.6 Å². The number of nitrogens with one attached hydrogen (secondary N) is 2. The minimum absolute atomic E-state index is 0.0953. The van der Waals surface area contributed by atoms with Crippen LogP contribution >= 0.6 is 0 Å². The Morgan fingerprint density at radius 1 is 1.07 bits per heavy atom. The van der Waals surface area contributed by atoms with Crippen molar-refractivity contribution >= 4 is 17.9 Å². The summed E-state index contributed by atoms with van der Waals surface area (Å²) < 4.78 is 69.1. The van der Waals surface area contributed by atoms with E-state index >= 15 is 0 Å². The smallest absolute Gasteiger partial charge is 0.410 e. The standard InChI is InChI=1S/C27H38F4N4O6/c1-6-14-39-24(38)35-13-12-34(16-21(35)22(36)32-18-27(29,30)31)25(4,5)23(37)33-17-26(40-7-2,41-8-3)19-10-9-11-20(28)15-19/h6,9-11,15,21H,1,7-8,12-14,16-18H2,2-5H3,(H,32,36)(H,33,37)/t21-/m0/s1. The lowest BCUT2D eigenvalue weighted by molar-refractivity contribution is -0.239. The van der Waals surface area contributed by atoms with Gasteiger partial charge in [-0.15, -0.1) is 0 Å². The van der Waals surface area contributed by atoms with E-state index in [0.29, 0.717) is 5.56 Å². The summed E-state index contributed by atoms with van der Waals surface area (Å²) in [6, 6.07) is 4.25. The molecular weight excluding hydrogens is 552 g/mol. The highest BCUT2D eigenvalue weighted by molar-refractivity contribution is 5.88. The fourth-order valence-electron chi connectivity index (χ4n) is 4.41. The summed E-state index contributed by atoms with van der Waals surface area (Å²) in [7, 11) is 0. The van der Waals surface area contributed by atoms with Gasteiger partial charge in [0.1, 0.15) is 25.0 Å². The van der Waals surface area contributed by atoms with Gasteiger partial charge in [-0.2, -0.15) is 13.2 Å². The van der Waals surface area contributed by atoms with Crippen LogP contribution in [0.1, 0.15) is 33.3 Å². The maximum atomic E-state index is 14.0. The van der Waals surface area contributed by atoms with Crippen LogP contribution in [0.4, 0.5) is 22.4 Å². The van der Waals surface area contributed by atoms with Gasteiger partial charge >= 0.3 is 12.3 Å². The van der Waals surface area contributed by atoms with Crippen molar-refractivity contribution in [1.29, 1.82) is 0 Å². The van der Waals surface area contributed by atoms with Crippen LogP contribution in [0.2, 0.25) is 0 Å². The van der Waals surface area contributed by atoms with Crippen LogP contribution in [-0.4, -0.2) is 98.0 Å². The van der Waals surface area contributed by atoms with Gasteiger partial charge < -0.3 is 24.8 Å². The summed E-state index contributed by atoms with van der Waals surface area (Å²) in [5, 5.41) is 4.59. The van der Waals surface area contributed by atoms with Crippen LogP contribution in [0.25, 0.3) is 0 Å². The number of alkyl halides is 3. The molecule has 230 valence electrons. The van der Waals surface area contributed by atoms with Gasteiger partial charge in [0.25, 0.3) is 0 Å². The number of hydrogen-bond donors (Lipinski definition) is 2. The van der Waals surface area contributed by atoms with Gasteiger partial charge in [-0.25, -0.2) is 9.18 Å². The first-order chi connectivity index (χ1) is 19.2. The molecule has 0 saturated carbocycles. The Morgan fingerprint density at radius 3 is 2.29 bits per heavy atom. The van der Waals surface area contributed by atoms with Crippen molar-refractivity contribution < 1.29 is 46.2 Å². The molecule has 0 aromatic heterocycles. The van der Waals surface area contributed by atoms with Crippen LogP contribution in [0.15, 0.2) is 36.9 Å². The summed E-state index contributed by atoms with van der Waals surface area (Å²) in [5.41, 5.74) is -0.946. The van der Waals surface area contributed by atoms with Gasteiger partial charge in [-0.05, 0) is 39.8 Å². The Morgan fingerprint density at radius 2 is 1.73 bits per heavy atom. The zero-order chi connectivity index (χ0) is 30.8. The molecule has 1 aliphatic heterocycles. The van der Waals surface area contributed by atoms with E-state index in [1.165, 1.54) is 24.3 Å². The second-order valence-corrected chi connectivity index (χ2v) is 9.72. The third kappa shape index (κ3) is 9.13. The number of ether oxygens (including phenoxy) is 3. The van der Waals surface area contributed by atoms with Gasteiger partial charge in [0, 0.05) is 38.4 Å². The van der Waals surface area contributed by atoms with E-state index in [0.717, 1.165) is 4.90 Å². The van der Waals surface area contributed by atoms with Crippen LogP contribution in [0, 0.1) is 5.82 Å². The quantitative estimate of drug-likeness (QED) is 0.207. The van der Waals surface area contributed by atoms with Gasteiger partial charge in [0.2, 0.25) is 17.6 Å². The number of carbonyl (C=O) groups is 3. The lowest BCUT2D eigenvalue weighted by Gasteiger charge is -2.46. The Bertz CT molecular complexity index is 1060. The number of nitrogens with zero attached hydrogens (tertiary/aromatic N) is 2. The van der Waals surface area contributed by atoms with Gasteiger partial charge in [0.15, 0.2) is 0 Å². The number of hydrogen-bond acceptors (Lipinski definition) is 7. The molecule has 0 bridgehead atoms. The number of rotatable bonds is 13. The Labute approximate surface area is 237 Å². The summed E-state index contributed by atoms with van der Waals surface area (Å²) >= 11 is 0. The first-order valence-corrected chi connectivity index (χ1v) is 13.2. The molecule has 1 saturated heterocycles. The maximum Gasteiger partial charge on any atom is 0.410 e. The molecular formula is C27H38F4N4O6. The van der Waals surface area contributed by atoms with Gasteiger partial charge in [-0.3, -0.25) is 19.4 Å². The first-order valence-electron chi connectivity index (χ1n) is 13.2. The molecule has 1 aromatic carbocycles. The molecule has 2 rings (SSSR count). The number of halogens is 4. The van der Waals surface area contributed by atoms with Crippen molar-refractivity contribution in [2.24, 2.45) is 0 Å². The first kappa shape index (κ1) is 34.0. The van der Waals surface area contributed by atoms with Crippen molar-refractivity contribution in [2.45, 2.75) is 51.2 Å². The second-order valence-electron chi connectivity index (χ2n) is 9.72. The van der Waals surface area contributed by atoms with Crippen LogP contribution in [0.5, 0.6) is 0 Å². The third-order valence-corrected chi connectivity index (χ3v) is 6.55. The van der Waals surface area contributed by atoms with Crippen molar-refractivity contribution in [3.63, 3.8) is 0 Å². The normalized spacial score (nSPS) is 16.7. The monoisotopic (exact) mass is 590 g/mol. The number of carbonyl (C=O) groups excluding carboxylic acids is 3. The summed E-state index contributed by atoms with van der Waals surface area (Å²) in [6.45, 7) is 8.25. The molecule has 14 heteroatoms. The van der Waals surface area contributed by atoms with E-state index in [9.17, 15) is 31.9 Å². The molecule has 0 spiro atoms. The van der Waals surface area contributed by atoms with E-state index in [1.54, 1.807) is 44.0 Å². The molecule has 1 atom stereocenters. The van der Waals surface area contributed by atoms with Crippen molar-refractivity contribution in [3.05, 3.63) is 48.3 Å². The zero-order valence-corrected chi connectivity index (χ0v) is 23.7. The van der Waals surface area contributed by atoms with Gasteiger partial charge in [-0.1, -0.05) is 24.8 Å². The predicted octanol–water partition coefficient (Wildman–Crippen LogP) is 2.93. The average Bonchev–Trinajstić information content (AvgIpc) is 2.92. The summed E-state index contributed by atoms with van der Waals surface area (Å²) in [4.78, 5) is 41.5. The molecule has 1 aliphatic rings. The summed E-state index contributed by atoms with van der Waals surface area (Å²) in [6.07, 6.45) is -4.24. The molecule has 0 aliphatic carbocycles. The molecule has 1 aromatic rings. The van der Waals surface area contributed by atoms with Gasteiger partial charge in [0.05, 0.1) is 12.1 Å². The molecule has 3 amide bonds. The maximum absolute atomic E-state index is 14.0. The highest BCUT2D eigenvalue weighted by Crippen LogP contribution is 2.29. The Hall–Kier alpha value is -3.23. The highest BCUT2D eigenvalue weighted by atomic mass is 19.4. The largest absolute Gasteiger partial charge is 0.445 e. The molecule has 10 nitrogen and oxygen atoms in total. The Kier molecular flexibility index (Phi) is 12.1. The van der Waals surface area contributed by atoms with Crippen molar-refractivity contribution in [1.82, 2.24) is 20.4 Å². The molecule has 41 heavy (non-hydrogen) atoms. The van der Waals surface area contributed by atoms with E-state index in [1.807, 2.05) is 0 Å². The fourth-order valence-corrected chi connectivity index (χ4v) is 4.41. The third-order valence-electron chi connectivity index (χ3n) is 6.55. The van der Waals surface area contributed by atoms with Crippen LogP contribution < -0.4 is 10.6 Å². The van der Waals surface area contributed by atoms with E-state index in [2.05, 4.69) is 11.9 Å². The summed E-state index contributed by atoms with van der Waals surface area (Å²) in [5.74, 6) is -3.57. The van der Waals surface area contributed by atoms with Crippen molar-refractivity contribution in [2.75, 3.05) is 52.5 Å². The number of benzene rings is 1. The second kappa shape index (κ2) is 14.6. The molecule has 1 heterocycles. The molecule has 2 N–H and O–H groups in total.